The maximum atomic E-state index is 11.2. The zero-order valence-corrected chi connectivity index (χ0v) is 16.9. The maximum Gasteiger partial charge on any atom is 0.307 e. The number of carboxylic acids is 1. The van der Waals surface area contributed by atoms with Crippen LogP contribution in [0.5, 0.6) is 5.75 Å². The zero-order valence-electron chi connectivity index (χ0n) is 16.9. The predicted molar refractivity (Wildman–Crippen MR) is 121 cm³/mol. The van der Waals surface area contributed by atoms with Crippen molar-refractivity contribution in [1.29, 1.82) is 0 Å². The molecule has 5 heteroatoms. The number of hydrogen-bond acceptors (Lipinski definition) is 4. The number of anilines is 1. The molecular weight excluding hydrogens is 388 g/mol. The fourth-order valence-corrected chi connectivity index (χ4v) is 4.32. The summed E-state index contributed by atoms with van der Waals surface area (Å²) in [5, 5.41) is 11.2. The highest BCUT2D eigenvalue weighted by Crippen LogP contribution is 2.39. The van der Waals surface area contributed by atoms with E-state index in [9.17, 15) is 9.90 Å². The fourth-order valence-electron chi connectivity index (χ4n) is 4.32. The first-order valence-electron chi connectivity index (χ1n) is 10.3. The molecule has 31 heavy (non-hydrogen) atoms. The summed E-state index contributed by atoms with van der Waals surface area (Å²) in [5.41, 5.74) is 11.4. The summed E-state index contributed by atoms with van der Waals surface area (Å²) in [6, 6.07) is 22.0. The molecule has 5 nitrogen and oxygen atoms in total. The van der Waals surface area contributed by atoms with E-state index in [-0.39, 0.29) is 12.5 Å². The van der Waals surface area contributed by atoms with Gasteiger partial charge in [0.25, 0.3) is 0 Å². The van der Waals surface area contributed by atoms with Gasteiger partial charge in [-0.3, -0.25) is 4.79 Å². The first-order valence-corrected chi connectivity index (χ1v) is 10.3. The number of carboxylic acid groups (broad SMARTS) is 1. The number of benzene rings is 3. The van der Waals surface area contributed by atoms with Crippen molar-refractivity contribution >= 4 is 22.6 Å². The van der Waals surface area contributed by atoms with Crippen LogP contribution in [-0.4, -0.2) is 16.1 Å². The maximum absolute atomic E-state index is 11.2. The second-order valence-electron chi connectivity index (χ2n) is 7.87. The van der Waals surface area contributed by atoms with Gasteiger partial charge in [-0.05, 0) is 64.7 Å². The lowest BCUT2D eigenvalue weighted by Crippen LogP contribution is -2.08. The van der Waals surface area contributed by atoms with Gasteiger partial charge in [0.15, 0.2) is 0 Å². The van der Waals surface area contributed by atoms with Crippen molar-refractivity contribution in [3.8, 4) is 16.9 Å². The number of hydrogen-bond donors (Lipinski definition) is 2. The summed E-state index contributed by atoms with van der Waals surface area (Å²) >= 11 is 0. The number of pyridine rings is 1. The Morgan fingerprint density at radius 3 is 2.74 bits per heavy atom. The second kappa shape index (κ2) is 7.76. The number of ether oxygens (including phenoxy) is 1. The summed E-state index contributed by atoms with van der Waals surface area (Å²) in [6.45, 7) is 0. The smallest absolute Gasteiger partial charge is 0.307 e. The molecular formula is C26H22N2O3. The van der Waals surface area contributed by atoms with Crippen LogP contribution >= 0.6 is 0 Å². The highest BCUT2D eigenvalue weighted by molar-refractivity contribution is 5.94. The molecule has 0 radical (unpaired) electrons. The van der Waals surface area contributed by atoms with Gasteiger partial charge in [-0.15, -0.1) is 0 Å². The molecule has 0 saturated carbocycles. The Balaban J connectivity index is 1.48. The molecule has 5 rings (SSSR count). The first kappa shape index (κ1) is 19.1. The van der Waals surface area contributed by atoms with E-state index in [0.717, 1.165) is 40.3 Å². The van der Waals surface area contributed by atoms with E-state index in [1.807, 2.05) is 30.3 Å². The molecule has 1 aliphatic carbocycles. The number of fused-ring (bicyclic) bond motifs is 2. The third-order valence-corrected chi connectivity index (χ3v) is 5.88. The molecule has 3 N–H and O–H groups in total. The van der Waals surface area contributed by atoms with Crippen molar-refractivity contribution in [2.24, 2.45) is 0 Å². The van der Waals surface area contributed by atoms with Gasteiger partial charge in [-0.1, -0.05) is 42.5 Å². The summed E-state index contributed by atoms with van der Waals surface area (Å²) < 4.78 is 6.32. The molecule has 154 valence electrons. The summed E-state index contributed by atoms with van der Waals surface area (Å²) in [4.78, 5) is 15.4. The van der Waals surface area contributed by atoms with Gasteiger partial charge in [-0.2, -0.15) is 0 Å². The standard InChI is InChI=1S/C26H22N2O3/c27-26-22-14-19(8-6-17(22)11-12-28-26)18-7-5-16-9-10-24(21(16)13-18)31-23-4-2-1-3-20(23)15-25(29)30/h1-8,11-14,24H,9-10,15H2,(H2,27,28)(H,29,30)/t24-/m0/s1. The van der Waals surface area contributed by atoms with Crippen molar-refractivity contribution in [2.75, 3.05) is 5.73 Å². The highest BCUT2D eigenvalue weighted by Gasteiger charge is 2.25. The molecule has 1 heterocycles. The Labute approximate surface area is 180 Å². The topological polar surface area (TPSA) is 85.4 Å². The molecule has 0 bridgehead atoms. The van der Waals surface area contributed by atoms with Crippen LogP contribution in [0.25, 0.3) is 21.9 Å². The highest BCUT2D eigenvalue weighted by atomic mass is 16.5. The Hall–Kier alpha value is -3.86. The van der Waals surface area contributed by atoms with Crippen molar-refractivity contribution < 1.29 is 14.6 Å². The summed E-state index contributed by atoms with van der Waals surface area (Å²) in [6.07, 6.45) is 3.38. The van der Waals surface area contributed by atoms with Gasteiger partial charge >= 0.3 is 5.97 Å². The first-order chi connectivity index (χ1) is 15.1. The van der Waals surface area contributed by atoms with Crippen molar-refractivity contribution in [3.63, 3.8) is 0 Å². The summed E-state index contributed by atoms with van der Waals surface area (Å²) in [7, 11) is 0. The number of nitrogens with zero attached hydrogens (tertiary/aromatic N) is 1. The largest absolute Gasteiger partial charge is 0.485 e. The predicted octanol–water partition coefficient (Wildman–Crippen LogP) is 5.18. The van der Waals surface area contributed by atoms with E-state index in [4.69, 9.17) is 10.5 Å². The molecule has 0 fully saturated rings. The third-order valence-electron chi connectivity index (χ3n) is 5.88. The van der Waals surface area contributed by atoms with Crippen LogP contribution in [0.2, 0.25) is 0 Å². The van der Waals surface area contributed by atoms with E-state index in [2.05, 4.69) is 41.4 Å². The molecule has 1 atom stereocenters. The Morgan fingerprint density at radius 1 is 1.06 bits per heavy atom. The second-order valence-corrected chi connectivity index (χ2v) is 7.87. The molecule has 1 aromatic heterocycles. The minimum Gasteiger partial charge on any atom is -0.485 e. The fraction of sp³-hybridized carbons (Fsp3) is 0.154. The van der Waals surface area contributed by atoms with Crippen LogP contribution in [0.1, 0.15) is 29.2 Å². The van der Waals surface area contributed by atoms with Crippen LogP contribution in [-0.2, 0) is 17.6 Å². The number of aryl methyl sites for hydroxylation is 1. The number of para-hydroxylation sites is 1. The van der Waals surface area contributed by atoms with Gasteiger partial charge in [0, 0.05) is 17.1 Å². The monoisotopic (exact) mass is 410 g/mol. The lowest BCUT2D eigenvalue weighted by atomic mass is 9.98. The molecule has 0 spiro atoms. The van der Waals surface area contributed by atoms with Crippen molar-refractivity contribution in [3.05, 3.63) is 89.6 Å². The number of nitrogens with two attached hydrogens (primary N) is 1. The minimum absolute atomic E-state index is 0.0532. The SMILES string of the molecule is Nc1nccc2ccc(-c3ccc4c(c3)[C@@H](Oc3ccccc3CC(=O)O)CC4)cc12. The van der Waals surface area contributed by atoms with Gasteiger partial charge in [0.1, 0.15) is 17.7 Å². The number of nitrogen functional groups attached to an aromatic ring is 1. The molecule has 4 aromatic rings. The van der Waals surface area contributed by atoms with Crippen LogP contribution in [0.15, 0.2) is 72.9 Å². The molecule has 0 saturated heterocycles. The average Bonchev–Trinajstić information content (AvgIpc) is 3.17. The van der Waals surface area contributed by atoms with Crippen molar-refractivity contribution in [1.82, 2.24) is 4.98 Å². The van der Waals surface area contributed by atoms with Crippen LogP contribution in [0.4, 0.5) is 5.82 Å². The summed E-state index contributed by atoms with van der Waals surface area (Å²) in [5.74, 6) is 0.296. The normalized spacial score (nSPS) is 15.0. The Morgan fingerprint density at radius 2 is 1.87 bits per heavy atom. The molecule has 0 amide bonds. The molecule has 3 aromatic carbocycles. The average molecular weight is 410 g/mol. The van der Waals surface area contributed by atoms with Crippen LogP contribution < -0.4 is 10.5 Å². The van der Waals surface area contributed by atoms with Crippen LogP contribution in [0, 0.1) is 0 Å². The van der Waals surface area contributed by atoms with E-state index in [1.54, 1.807) is 6.20 Å². The third kappa shape index (κ3) is 3.70. The minimum atomic E-state index is -0.866. The van der Waals surface area contributed by atoms with Gasteiger partial charge in [0.2, 0.25) is 0 Å². The molecule has 0 unspecified atom stereocenters. The lowest BCUT2D eigenvalue weighted by Gasteiger charge is -2.18. The number of aromatic nitrogens is 1. The number of rotatable bonds is 5. The quantitative estimate of drug-likeness (QED) is 0.474. The van der Waals surface area contributed by atoms with E-state index < -0.39 is 5.97 Å². The number of carbonyl (C=O) groups is 1. The Bertz CT molecular complexity index is 1300. The lowest BCUT2D eigenvalue weighted by molar-refractivity contribution is -0.136. The molecule has 1 aliphatic rings. The van der Waals surface area contributed by atoms with Crippen molar-refractivity contribution in [2.45, 2.75) is 25.4 Å². The number of aliphatic carboxylic acids is 1. The van der Waals surface area contributed by atoms with Gasteiger partial charge < -0.3 is 15.6 Å². The van der Waals surface area contributed by atoms with Gasteiger partial charge in [-0.25, -0.2) is 4.98 Å². The Kier molecular flexibility index (Phi) is 4.79. The van der Waals surface area contributed by atoms with E-state index in [0.29, 0.717) is 17.1 Å². The van der Waals surface area contributed by atoms with Crippen LogP contribution in [0.3, 0.4) is 0 Å². The van der Waals surface area contributed by atoms with E-state index in [1.165, 1.54) is 5.56 Å². The molecule has 0 aliphatic heterocycles. The van der Waals surface area contributed by atoms with E-state index >= 15 is 0 Å². The van der Waals surface area contributed by atoms with Gasteiger partial charge in [0.05, 0.1) is 6.42 Å². The zero-order chi connectivity index (χ0) is 21.4.